The van der Waals surface area contributed by atoms with E-state index in [9.17, 15) is 9.90 Å². The Morgan fingerprint density at radius 1 is 1.28 bits per heavy atom. The molecule has 0 spiro atoms. The van der Waals surface area contributed by atoms with Gasteiger partial charge in [0.15, 0.2) is 5.69 Å². The third-order valence-corrected chi connectivity index (χ3v) is 4.70. The molecule has 1 aromatic heterocycles. The SMILES string of the molecule is CC(C)c1cc(C(=O)Nc2ccccc2N2CCC(O)CC2)nn1C. The number of carbonyl (C=O) groups excluding carboxylic acids is 1. The van der Waals surface area contributed by atoms with E-state index < -0.39 is 0 Å². The van der Waals surface area contributed by atoms with Gasteiger partial charge in [-0.3, -0.25) is 9.48 Å². The van der Waals surface area contributed by atoms with Gasteiger partial charge in [-0.2, -0.15) is 5.10 Å². The van der Waals surface area contributed by atoms with Crippen LogP contribution in [0.5, 0.6) is 0 Å². The highest BCUT2D eigenvalue weighted by Crippen LogP contribution is 2.29. The maximum absolute atomic E-state index is 12.6. The molecular weight excluding hydrogens is 316 g/mol. The largest absolute Gasteiger partial charge is 0.393 e. The van der Waals surface area contributed by atoms with Crippen LogP contribution in [0.2, 0.25) is 0 Å². The van der Waals surface area contributed by atoms with Gasteiger partial charge in [-0.05, 0) is 37.0 Å². The molecule has 2 aromatic rings. The summed E-state index contributed by atoms with van der Waals surface area (Å²) in [5.74, 6) is 0.109. The van der Waals surface area contributed by atoms with Gasteiger partial charge < -0.3 is 15.3 Å². The highest BCUT2D eigenvalue weighted by atomic mass is 16.3. The molecule has 134 valence electrons. The van der Waals surface area contributed by atoms with Crippen LogP contribution in [0, 0.1) is 0 Å². The Labute approximate surface area is 148 Å². The zero-order valence-corrected chi connectivity index (χ0v) is 15.1. The van der Waals surface area contributed by atoms with Crippen LogP contribution in [0.4, 0.5) is 11.4 Å². The number of hydrogen-bond donors (Lipinski definition) is 2. The van der Waals surface area contributed by atoms with Crippen molar-refractivity contribution < 1.29 is 9.90 Å². The number of amides is 1. The van der Waals surface area contributed by atoms with Crippen molar-refractivity contribution >= 4 is 17.3 Å². The van der Waals surface area contributed by atoms with E-state index in [2.05, 4.69) is 29.2 Å². The van der Waals surface area contributed by atoms with Crippen LogP contribution < -0.4 is 10.2 Å². The predicted molar refractivity (Wildman–Crippen MR) is 99.1 cm³/mol. The second kappa shape index (κ2) is 7.27. The average molecular weight is 342 g/mol. The number of nitrogens with one attached hydrogen (secondary N) is 1. The number of hydrogen-bond acceptors (Lipinski definition) is 4. The Bertz CT molecular complexity index is 746. The van der Waals surface area contributed by atoms with Gasteiger partial charge in [0, 0.05) is 25.8 Å². The van der Waals surface area contributed by atoms with Crippen LogP contribution in [-0.4, -0.2) is 40.0 Å². The minimum absolute atomic E-state index is 0.202. The summed E-state index contributed by atoms with van der Waals surface area (Å²) in [7, 11) is 1.86. The Hall–Kier alpha value is -2.34. The van der Waals surface area contributed by atoms with Crippen molar-refractivity contribution in [2.45, 2.75) is 38.7 Å². The van der Waals surface area contributed by atoms with Crippen molar-refractivity contribution in [3.05, 3.63) is 41.7 Å². The fraction of sp³-hybridized carbons (Fsp3) is 0.474. The molecule has 2 heterocycles. The molecule has 0 atom stereocenters. The van der Waals surface area contributed by atoms with Gasteiger partial charge in [0.05, 0.1) is 17.5 Å². The Kier molecular flexibility index (Phi) is 5.08. The van der Waals surface area contributed by atoms with Crippen molar-refractivity contribution in [1.82, 2.24) is 9.78 Å². The van der Waals surface area contributed by atoms with Crippen molar-refractivity contribution in [2.24, 2.45) is 7.05 Å². The molecule has 1 fully saturated rings. The second-order valence-corrected chi connectivity index (χ2v) is 6.92. The van der Waals surface area contributed by atoms with Gasteiger partial charge in [0.1, 0.15) is 0 Å². The fourth-order valence-corrected chi connectivity index (χ4v) is 3.28. The number of aliphatic hydroxyl groups excluding tert-OH is 1. The summed E-state index contributed by atoms with van der Waals surface area (Å²) < 4.78 is 1.76. The summed E-state index contributed by atoms with van der Waals surface area (Å²) in [4.78, 5) is 14.9. The van der Waals surface area contributed by atoms with Gasteiger partial charge in [0.25, 0.3) is 5.91 Å². The van der Waals surface area contributed by atoms with E-state index in [4.69, 9.17) is 0 Å². The first-order valence-corrected chi connectivity index (χ1v) is 8.83. The molecule has 3 rings (SSSR count). The van der Waals surface area contributed by atoms with E-state index in [-0.39, 0.29) is 12.0 Å². The average Bonchev–Trinajstić information content (AvgIpc) is 2.98. The summed E-state index contributed by atoms with van der Waals surface area (Å²) in [5, 5.41) is 17.0. The Morgan fingerprint density at radius 3 is 2.60 bits per heavy atom. The van der Waals surface area contributed by atoms with E-state index in [0.29, 0.717) is 11.6 Å². The monoisotopic (exact) mass is 342 g/mol. The topological polar surface area (TPSA) is 70.4 Å². The Balaban J connectivity index is 1.79. The van der Waals surface area contributed by atoms with Crippen molar-refractivity contribution in [3.8, 4) is 0 Å². The predicted octanol–water partition coefficient (Wildman–Crippen LogP) is 2.76. The number of aromatic nitrogens is 2. The molecule has 0 radical (unpaired) electrons. The molecule has 25 heavy (non-hydrogen) atoms. The number of benzene rings is 1. The lowest BCUT2D eigenvalue weighted by Gasteiger charge is -2.32. The third kappa shape index (κ3) is 3.85. The zero-order chi connectivity index (χ0) is 18.0. The van der Waals surface area contributed by atoms with Crippen LogP contribution in [0.25, 0.3) is 0 Å². The number of piperidine rings is 1. The molecule has 1 aromatic carbocycles. The number of aryl methyl sites for hydroxylation is 1. The number of nitrogens with zero attached hydrogens (tertiary/aromatic N) is 3. The van der Waals surface area contributed by atoms with E-state index in [1.54, 1.807) is 4.68 Å². The molecule has 6 heteroatoms. The van der Waals surface area contributed by atoms with Crippen LogP contribution in [-0.2, 0) is 7.05 Å². The van der Waals surface area contributed by atoms with Gasteiger partial charge in [-0.15, -0.1) is 0 Å². The highest BCUT2D eigenvalue weighted by Gasteiger charge is 2.21. The van der Waals surface area contributed by atoms with Crippen molar-refractivity contribution in [1.29, 1.82) is 0 Å². The van der Waals surface area contributed by atoms with E-state index in [0.717, 1.165) is 43.0 Å². The highest BCUT2D eigenvalue weighted by molar-refractivity contribution is 6.04. The first-order valence-electron chi connectivity index (χ1n) is 8.83. The van der Waals surface area contributed by atoms with E-state index >= 15 is 0 Å². The molecule has 1 amide bonds. The van der Waals surface area contributed by atoms with E-state index in [1.165, 1.54) is 0 Å². The fourth-order valence-electron chi connectivity index (χ4n) is 3.28. The summed E-state index contributed by atoms with van der Waals surface area (Å²) in [6, 6.07) is 9.64. The molecular formula is C19H26N4O2. The summed E-state index contributed by atoms with van der Waals surface area (Å²) in [6.07, 6.45) is 1.28. The van der Waals surface area contributed by atoms with Crippen molar-refractivity contribution in [2.75, 3.05) is 23.3 Å². The number of aliphatic hydroxyl groups is 1. The molecule has 1 aliphatic heterocycles. The van der Waals surface area contributed by atoms with Gasteiger partial charge in [0.2, 0.25) is 0 Å². The van der Waals surface area contributed by atoms with Crippen LogP contribution >= 0.6 is 0 Å². The van der Waals surface area contributed by atoms with Gasteiger partial charge >= 0.3 is 0 Å². The molecule has 0 unspecified atom stereocenters. The zero-order valence-electron chi connectivity index (χ0n) is 15.1. The van der Waals surface area contributed by atoms with Gasteiger partial charge in [-0.1, -0.05) is 26.0 Å². The number of rotatable bonds is 4. The molecule has 6 nitrogen and oxygen atoms in total. The molecule has 0 saturated carbocycles. The molecule has 0 bridgehead atoms. The number of anilines is 2. The molecule has 1 aliphatic rings. The van der Waals surface area contributed by atoms with Crippen molar-refractivity contribution in [3.63, 3.8) is 0 Å². The normalized spacial score (nSPS) is 15.6. The third-order valence-electron chi connectivity index (χ3n) is 4.70. The summed E-state index contributed by atoms with van der Waals surface area (Å²) in [5.41, 5.74) is 3.22. The molecule has 0 aliphatic carbocycles. The number of carbonyl (C=O) groups is 1. The van der Waals surface area contributed by atoms with Crippen LogP contribution in [0.3, 0.4) is 0 Å². The summed E-state index contributed by atoms with van der Waals surface area (Å²) in [6.45, 7) is 5.74. The maximum Gasteiger partial charge on any atom is 0.276 e. The first kappa shape index (κ1) is 17.5. The van der Waals surface area contributed by atoms with Gasteiger partial charge in [-0.25, -0.2) is 0 Å². The number of para-hydroxylation sites is 2. The smallest absolute Gasteiger partial charge is 0.276 e. The maximum atomic E-state index is 12.6. The Morgan fingerprint density at radius 2 is 1.96 bits per heavy atom. The minimum Gasteiger partial charge on any atom is -0.393 e. The second-order valence-electron chi connectivity index (χ2n) is 6.92. The lowest BCUT2D eigenvalue weighted by Crippen LogP contribution is -2.36. The summed E-state index contributed by atoms with van der Waals surface area (Å²) >= 11 is 0. The lowest BCUT2D eigenvalue weighted by atomic mass is 10.1. The standard InChI is InChI=1S/C19H26N4O2/c1-13(2)18-12-16(21-22(18)3)19(25)20-15-6-4-5-7-17(15)23-10-8-14(24)9-11-23/h4-7,12-14,24H,8-11H2,1-3H3,(H,20,25). The van der Waals surface area contributed by atoms with E-state index in [1.807, 2.05) is 37.4 Å². The lowest BCUT2D eigenvalue weighted by molar-refractivity contribution is 0.102. The first-order chi connectivity index (χ1) is 12.0. The molecule has 2 N–H and O–H groups in total. The minimum atomic E-state index is -0.221. The van der Waals surface area contributed by atoms with Crippen LogP contribution in [0.1, 0.15) is 48.8 Å². The quantitative estimate of drug-likeness (QED) is 0.896. The van der Waals surface area contributed by atoms with Crippen LogP contribution in [0.15, 0.2) is 30.3 Å². The molecule has 1 saturated heterocycles.